The number of nitrogens with zero attached hydrogens (tertiary/aromatic N) is 1. The van der Waals surface area contributed by atoms with Gasteiger partial charge >= 0.3 is 0 Å². The maximum absolute atomic E-state index is 6.47. The van der Waals surface area contributed by atoms with Gasteiger partial charge in [-0.1, -0.05) is 237 Å². The molecule has 1 aliphatic rings. The Labute approximate surface area is 425 Å². The van der Waals surface area contributed by atoms with Crippen LogP contribution in [0.3, 0.4) is 0 Å². The van der Waals surface area contributed by atoms with Gasteiger partial charge in [-0.05, 0) is 132 Å². The van der Waals surface area contributed by atoms with Crippen LogP contribution in [0, 0.1) is 0 Å². The van der Waals surface area contributed by atoms with Crippen LogP contribution in [0.15, 0.2) is 290 Å². The molecule has 342 valence electrons. The molecule has 73 heavy (non-hydrogen) atoms. The Morgan fingerprint density at radius 3 is 1.48 bits per heavy atom. The molecule has 1 atom stereocenters. The molecule has 0 spiro atoms. The first kappa shape index (κ1) is 42.4. The molecular weight excluding hydrogens is 883 g/mol. The molecule has 0 bridgehead atoms. The van der Waals surface area contributed by atoms with Crippen molar-refractivity contribution in [1.29, 1.82) is 0 Å². The Balaban J connectivity index is 0.863. The van der Waals surface area contributed by atoms with Gasteiger partial charge in [-0.3, -0.25) is 0 Å². The van der Waals surface area contributed by atoms with Crippen molar-refractivity contribution in [3.63, 3.8) is 0 Å². The van der Waals surface area contributed by atoms with Crippen LogP contribution in [0.25, 0.3) is 88.3 Å². The van der Waals surface area contributed by atoms with E-state index in [-0.39, 0.29) is 0 Å². The maximum Gasteiger partial charge on any atom is 0.143 e. The zero-order valence-corrected chi connectivity index (χ0v) is 40.0. The first-order valence-electron chi connectivity index (χ1n) is 25.1. The molecule has 0 aliphatic heterocycles. The SMILES string of the molecule is c1ccc(-c2ccc(N(c3ccc(-c4ccc5c(c4)C(c4ccccc4)(c4ccc(-c6cccc7ccccc67)cc4)c4ccccc4-5)cc3)c3ccc(-c4cccc5c4oc4ccccc45)cc3)cc2)cc1. The molecule has 14 rings (SSSR count). The van der Waals surface area contributed by atoms with Crippen LogP contribution in [0.2, 0.25) is 0 Å². The largest absolute Gasteiger partial charge is 0.455 e. The van der Waals surface area contributed by atoms with Gasteiger partial charge in [-0.25, -0.2) is 0 Å². The van der Waals surface area contributed by atoms with Gasteiger partial charge in [0.2, 0.25) is 0 Å². The van der Waals surface area contributed by atoms with Crippen LogP contribution in [0.1, 0.15) is 22.3 Å². The van der Waals surface area contributed by atoms with Crippen LogP contribution in [-0.2, 0) is 5.41 Å². The average Bonchev–Trinajstić information content (AvgIpc) is 4.00. The summed E-state index contributed by atoms with van der Waals surface area (Å²) >= 11 is 0. The highest BCUT2D eigenvalue weighted by atomic mass is 16.3. The van der Waals surface area contributed by atoms with Crippen molar-refractivity contribution in [2.45, 2.75) is 5.41 Å². The summed E-state index contributed by atoms with van der Waals surface area (Å²) in [5, 5.41) is 4.77. The predicted octanol–water partition coefficient (Wildman–Crippen LogP) is 19.2. The molecule has 1 unspecified atom stereocenters. The van der Waals surface area contributed by atoms with Gasteiger partial charge in [0, 0.05) is 33.4 Å². The zero-order valence-electron chi connectivity index (χ0n) is 40.0. The number of rotatable bonds is 9. The molecule has 2 nitrogen and oxygen atoms in total. The summed E-state index contributed by atoms with van der Waals surface area (Å²) in [5.74, 6) is 0. The number of benzene rings is 12. The van der Waals surface area contributed by atoms with Crippen molar-refractivity contribution >= 4 is 49.8 Å². The summed E-state index contributed by atoms with van der Waals surface area (Å²) in [5.41, 5.74) is 21.5. The Bertz CT molecular complexity index is 4150. The van der Waals surface area contributed by atoms with Crippen molar-refractivity contribution < 1.29 is 4.42 Å². The number of fused-ring (bicyclic) bond motifs is 7. The second-order valence-corrected chi connectivity index (χ2v) is 19.1. The molecule has 2 heteroatoms. The van der Waals surface area contributed by atoms with Gasteiger partial charge in [-0.2, -0.15) is 0 Å². The van der Waals surface area contributed by atoms with Crippen LogP contribution in [0.4, 0.5) is 17.1 Å². The van der Waals surface area contributed by atoms with Gasteiger partial charge in [-0.15, -0.1) is 0 Å². The minimum Gasteiger partial charge on any atom is -0.455 e. The van der Waals surface area contributed by atoms with Crippen LogP contribution < -0.4 is 4.90 Å². The molecule has 13 aromatic rings. The molecular formula is C71H47NO. The van der Waals surface area contributed by atoms with Crippen molar-refractivity contribution in [3.05, 3.63) is 307 Å². The lowest BCUT2D eigenvalue weighted by molar-refractivity contribution is 0.670. The standard InChI is InChI=1S/C71H47NO/c1-3-15-48(16-4-1)49-31-40-57(41-32-49)72(59-44-35-53(36-45-59)62-25-14-26-66-65-23-10-12-28-69(65)73-70(62)66)58-42-33-50(34-43-58)54-37-46-64-63-22-9-11-27-67(63)71(68(64)47-54,55-19-5-2-6-20-55)56-38-29-52(30-39-56)61-24-13-18-51-17-7-8-21-60(51)61/h1-47H. The molecule has 1 aromatic heterocycles. The Morgan fingerprint density at radius 1 is 0.274 bits per heavy atom. The molecule has 0 amide bonds. The van der Waals surface area contributed by atoms with Gasteiger partial charge < -0.3 is 9.32 Å². The highest BCUT2D eigenvalue weighted by Crippen LogP contribution is 2.57. The second kappa shape index (κ2) is 17.4. The number of furan rings is 1. The normalized spacial score (nSPS) is 13.8. The van der Waals surface area contributed by atoms with Crippen LogP contribution in [0.5, 0.6) is 0 Å². The number of hydrogen-bond donors (Lipinski definition) is 0. The molecule has 0 fully saturated rings. The molecule has 1 aliphatic carbocycles. The van der Waals surface area contributed by atoms with E-state index in [0.717, 1.165) is 55.7 Å². The third kappa shape index (κ3) is 7.02. The van der Waals surface area contributed by atoms with E-state index in [1.165, 1.54) is 72.0 Å². The first-order valence-corrected chi connectivity index (χ1v) is 25.1. The summed E-state index contributed by atoms with van der Waals surface area (Å²) < 4.78 is 6.47. The maximum atomic E-state index is 6.47. The van der Waals surface area contributed by atoms with Crippen molar-refractivity contribution in [3.8, 4) is 55.6 Å². The monoisotopic (exact) mass is 929 g/mol. The Kier molecular flexibility index (Phi) is 10.1. The third-order valence-electron chi connectivity index (χ3n) is 15.2. The van der Waals surface area contributed by atoms with E-state index in [4.69, 9.17) is 4.42 Å². The second-order valence-electron chi connectivity index (χ2n) is 19.1. The van der Waals surface area contributed by atoms with Gasteiger partial charge in [0.25, 0.3) is 0 Å². The van der Waals surface area contributed by atoms with E-state index >= 15 is 0 Å². The fourth-order valence-corrected chi connectivity index (χ4v) is 11.8. The first-order chi connectivity index (χ1) is 36.2. The van der Waals surface area contributed by atoms with E-state index in [0.29, 0.717) is 0 Å². The summed E-state index contributed by atoms with van der Waals surface area (Å²) in [6, 6.07) is 104. The van der Waals surface area contributed by atoms with E-state index in [9.17, 15) is 0 Å². The fourth-order valence-electron chi connectivity index (χ4n) is 11.8. The zero-order chi connectivity index (χ0) is 48.3. The lowest BCUT2D eigenvalue weighted by Gasteiger charge is -2.34. The van der Waals surface area contributed by atoms with E-state index in [1.54, 1.807) is 0 Å². The topological polar surface area (TPSA) is 16.4 Å². The average molecular weight is 930 g/mol. The van der Waals surface area contributed by atoms with Gasteiger partial charge in [0.15, 0.2) is 0 Å². The summed E-state index contributed by atoms with van der Waals surface area (Å²) in [4.78, 5) is 2.35. The van der Waals surface area contributed by atoms with Gasteiger partial charge in [0.1, 0.15) is 11.2 Å². The fraction of sp³-hybridized carbons (Fsp3) is 0.0141. The number of hydrogen-bond acceptors (Lipinski definition) is 2. The molecule has 0 radical (unpaired) electrons. The third-order valence-corrected chi connectivity index (χ3v) is 15.2. The Hall–Kier alpha value is -9.50. The van der Waals surface area contributed by atoms with E-state index < -0.39 is 5.41 Å². The molecule has 12 aromatic carbocycles. The minimum absolute atomic E-state index is 0.536. The van der Waals surface area contributed by atoms with Crippen molar-refractivity contribution in [1.82, 2.24) is 0 Å². The van der Waals surface area contributed by atoms with Crippen molar-refractivity contribution in [2.75, 3.05) is 4.90 Å². The molecule has 0 saturated carbocycles. The van der Waals surface area contributed by atoms with Gasteiger partial charge in [0.05, 0.1) is 5.41 Å². The highest BCUT2D eigenvalue weighted by Gasteiger charge is 2.46. The lowest BCUT2D eigenvalue weighted by Crippen LogP contribution is -2.28. The Morgan fingerprint density at radius 2 is 0.740 bits per heavy atom. The van der Waals surface area contributed by atoms with Crippen molar-refractivity contribution in [2.24, 2.45) is 0 Å². The highest BCUT2D eigenvalue weighted by molar-refractivity contribution is 6.09. The summed E-state index contributed by atoms with van der Waals surface area (Å²) in [6.45, 7) is 0. The van der Waals surface area contributed by atoms with E-state index in [2.05, 4.69) is 278 Å². The number of anilines is 3. The molecule has 0 N–H and O–H groups in total. The summed E-state index contributed by atoms with van der Waals surface area (Å²) in [6.07, 6.45) is 0. The smallest absolute Gasteiger partial charge is 0.143 e. The quantitative estimate of drug-likeness (QED) is 0.143. The van der Waals surface area contributed by atoms with Crippen LogP contribution >= 0.6 is 0 Å². The number of para-hydroxylation sites is 2. The summed E-state index contributed by atoms with van der Waals surface area (Å²) in [7, 11) is 0. The van der Waals surface area contributed by atoms with E-state index in [1.807, 2.05) is 12.1 Å². The minimum atomic E-state index is -0.536. The van der Waals surface area contributed by atoms with Crippen LogP contribution in [-0.4, -0.2) is 0 Å². The lowest BCUT2D eigenvalue weighted by atomic mass is 9.67. The molecule has 0 saturated heterocycles. The predicted molar refractivity (Wildman–Crippen MR) is 305 cm³/mol. The molecule has 1 heterocycles.